The molecule has 26 heavy (non-hydrogen) atoms. The molecule has 0 saturated heterocycles. The summed E-state index contributed by atoms with van der Waals surface area (Å²) in [7, 11) is 1.60. The fourth-order valence-electron chi connectivity index (χ4n) is 2.44. The molecule has 3 rings (SSSR count). The fourth-order valence-corrected chi connectivity index (χ4v) is 2.44. The predicted octanol–water partition coefficient (Wildman–Crippen LogP) is 3.51. The first-order valence-electron chi connectivity index (χ1n) is 8.20. The summed E-state index contributed by atoms with van der Waals surface area (Å²) in [5.74, 6) is 1.47. The predicted molar refractivity (Wildman–Crippen MR) is 95.3 cm³/mol. The SMILES string of the molecule is COc1ccc(COc2coc(COC3C=C(O)C=CC3)cc2=O)cc1. The van der Waals surface area contributed by atoms with Crippen molar-refractivity contribution in [1.29, 1.82) is 0 Å². The van der Waals surface area contributed by atoms with Crippen LogP contribution < -0.4 is 14.9 Å². The second kappa shape index (κ2) is 8.40. The summed E-state index contributed by atoms with van der Waals surface area (Å²) in [5, 5.41) is 9.44. The zero-order chi connectivity index (χ0) is 18.4. The molecule has 1 aromatic carbocycles. The summed E-state index contributed by atoms with van der Waals surface area (Å²) in [4.78, 5) is 12.1. The second-order valence-electron chi connectivity index (χ2n) is 5.79. The lowest BCUT2D eigenvalue weighted by Crippen LogP contribution is -2.13. The molecule has 6 heteroatoms. The third-order valence-corrected chi connectivity index (χ3v) is 3.86. The molecule has 0 bridgehead atoms. The summed E-state index contributed by atoms with van der Waals surface area (Å²) in [6, 6.07) is 8.74. The van der Waals surface area contributed by atoms with Crippen LogP contribution in [-0.4, -0.2) is 18.3 Å². The molecule has 1 aromatic heterocycles. The lowest BCUT2D eigenvalue weighted by atomic mass is 10.1. The number of hydrogen-bond acceptors (Lipinski definition) is 6. The molecule has 1 heterocycles. The van der Waals surface area contributed by atoms with E-state index in [0.717, 1.165) is 11.3 Å². The van der Waals surface area contributed by atoms with Crippen molar-refractivity contribution in [3.8, 4) is 11.5 Å². The minimum Gasteiger partial charge on any atom is -0.508 e. The Morgan fingerprint density at radius 1 is 1.23 bits per heavy atom. The van der Waals surface area contributed by atoms with Crippen LogP contribution in [0.5, 0.6) is 11.5 Å². The molecule has 1 atom stereocenters. The van der Waals surface area contributed by atoms with E-state index in [4.69, 9.17) is 18.6 Å². The maximum Gasteiger partial charge on any atom is 0.227 e. The Morgan fingerprint density at radius 2 is 2.04 bits per heavy atom. The van der Waals surface area contributed by atoms with Crippen molar-refractivity contribution in [3.05, 3.63) is 82.1 Å². The van der Waals surface area contributed by atoms with Gasteiger partial charge in [0.15, 0.2) is 0 Å². The molecule has 1 aliphatic carbocycles. The molecule has 0 fully saturated rings. The van der Waals surface area contributed by atoms with Crippen LogP contribution in [0.2, 0.25) is 0 Å². The van der Waals surface area contributed by atoms with Gasteiger partial charge in [0.1, 0.15) is 36.7 Å². The topological polar surface area (TPSA) is 78.1 Å². The van der Waals surface area contributed by atoms with Crippen molar-refractivity contribution in [1.82, 2.24) is 0 Å². The lowest BCUT2D eigenvalue weighted by Gasteiger charge is -2.15. The number of methoxy groups -OCH3 is 1. The van der Waals surface area contributed by atoms with Crippen LogP contribution in [-0.2, 0) is 18.0 Å². The molecule has 0 spiro atoms. The molecule has 136 valence electrons. The minimum absolute atomic E-state index is 0.135. The van der Waals surface area contributed by atoms with Crippen LogP contribution in [0.3, 0.4) is 0 Å². The summed E-state index contributed by atoms with van der Waals surface area (Å²) in [6.07, 6.45) is 6.78. The number of rotatable bonds is 7. The van der Waals surface area contributed by atoms with Gasteiger partial charge in [0, 0.05) is 6.07 Å². The van der Waals surface area contributed by atoms with Crippen molar-refractivity contribution in [2.45, 2.75) is 25.7 Å². The lowest BCUT2D eigenvalue weighted by molar-refractivity contribution is 0.0582. The highest BCUT2D eigenvalue weighted by atomic mass is 16.5. The third kappa shape index (κ3) is 4.77. The van der Waals surface area contributed by atoms with Crippen molar-refractivity contribution >= 4 is 0 Å². The Bertz CT molecular complexity index is 847. The molecule has 0 amide bonds. The Morgan fingerprint density at radius 3 is 2.73 bits per heavy atom. The smallest absolute Gasteiger partial charge is 0.227 e. The summed E-state index contributed by atoms with van der Waals surface area (Å²) >= 11 is 0. The normalized spacial score (nSPS) is 16.2. The molecular weight excluding hydrogens is 336 g/mol. The van der Waals surface area contributed by atoms with Gasteiger partial charge in [-0.05, 0) is 36.3 Å². The number of allylic oxidation sites excluding steroid dienone is 1. The standard InChI is InChI=1S/C20H20O6/c1-23-16-7-5-14(6-8-16)11-26-20-13-25-18(10-19(20)22)12-24-17-4-2-3-15(21)9-17/h2-3,5-10,13,17,21H,4,11-12H2,1H3. The van der Waals surface area contributed by atoms with Crippen molar-refractivity contribution < 1.29 is 23.7 Å². The number of aliphatic hydroxyl groups excluding tert-OH is 1. The monoisotopic (exact) mass is 356 g/mol. The Hall–Kier alpha value is -2.99. The van der Waals surface area contributed by atoms with Gasteiger partial charge in [-0.15, -0.1) is 0 Å². The van der Waals surface area contributed by atoms with Crippen LogP contribution >= 0.6 is 0 Å². The van der Waals surface area contributed by atoms with Crippen molar-refractivity contribution in [2.24, 2.45) is 0 Å². The van der Waals surface area contributed by atoms with Crippen LogP contribution in [0.4, 0.5) is 0 Å². The number of ether oxygens (including phenoxy) is 3. The van der Waals surface area contributed by atoms with Crippen LogP contribution in [0.15, 0.2) is 69.8 Å². The second-order valence-corrected chi connectivity index (χ2v) is 5.79. The first-order chi connectivity index (χ1) is 12.6. The van der Waals surface area contributed by atoms with Gasteiger partial charge < -0.3 is 23.7 Å². The highest BCUT2D eigenvalue weighted by Crippen LogP contribution is 2.16. The molecule has 2 aromatic rings. The first-order valence-corrected chi connectivity index (χ1v) is 8.20. The minimum atomic E-state index is -0.273. The van der Waals surface area contributed by atoms with Crippen molar-refractivity contribution in [2.75, 3.05) is 7.11 Å². The zero-order valence-corrected chi connectivity index (χ0v) is 14.4. The van der Waals surface area contributed by atoms with Gasteiger partial charge in [-0.2, -0.15) is 0 Å². The number of aliphatic hydroxyl groups is 1. The van der Waals surface area contributed by atoms with Gasteiger partial charge in [0.2, 0.25) is 11.2 Å². The average molecular weight is 356 g/mol. The maximum atomic E-state index is 12.1. The molecular formula is C20H20O6. The van der Waals surface area contributed by atoms with E-state index in [2.05, 4.69) is 0 Å². The molecule has 0 aliphatic heterocycles. The number of benzene rings is 1. The summed E-state index contributed by atoms with van der Waals surface area (Å²) < 4.78 is 21.6. The Labute approximate surface area is 150 Å². The van der Waals surface area contributed by atoms with E-state index in [1.807, 2.05) is 30.3 Å². The van der Waals surface area contributed by atoms with Gasteiger partial charge in [-0.25, -0.2) is 0 Å². The Kier molecular flexibility index (Phi) is 5.76. The zero-order valence-electron chi connectivity index (χ0n) is 14.4. The fraction of sp³-hybridized carbons (Fsp3) is 0.250. The van der Waals surface area contributed by atoms with E-state index in [9.17, 15) is 9.90 Å². The number of hydrogen-bond donors (Lipinski definition) is 1. The van der Waals surface area contributed by atoms with E-state index in [0.29, 0.717) is 12.2 Å². The van der Waals surface area contributed by atoms with E-state index in [1.54, 1.807) is 19.3 Å². The van der Waals surface area contributed by atoms with E-state index in [1.165, 1.54) is 12.3 Å². The van der Waals surface area contributed by atoms with Crippen LogP contribution in [0, 0.1) is 0 Å². The van der Waals surface area contributed by atoms with Gasteiger partial charge >= 0.3 is 0 Å². The Balaban J connectivity index is 1.55. The van der Waals surface area contributed by atoms with Crippen LogP contribution in [0.1, 0.15) is 17.7 Å². The molecule has 0 radical (unpaired) electrons. The maximum absolute atomic E-state index is 12.1. The van der Waals surface area contributed by atoms with Gasteiger partial charge in [-0.3, -0.25) is 4.79 Å². The van der Waals surface area contributed by atoms with Gasteiger partial charge in [0.25, 0.3) is 0 Å². The van der Waals surface area contributed by atoms with Gasteiger partial charge in [0.05, 0.1) is 13.2 Å². The van der Waals surface area contributed by atoms with E-state index in [-0.39, 0.29) is 36.3 Å². The van der Waals surface area contributed by atoms with E-state index >= 15 is 0 Å². The first kappa shape index (κ1) is 17.8. The average Bonchev–Trinajstić information content (AvgIpc) is 2.66. The molecule has 0 saturated carbocycles. The molecule has 1 N–H and O–H groups in total. The summed E-state index contributed by atoms with van der Waals surface area (Å²) in [6.45, 7) is 0.388. The summed E-state index contributed by atoms with van der Waals surface area (Å²) in [5.41, 5.74) is 0.639. The van der Waals surface area contributed by atoms with Crippen LogP contribution in [0.25, 0.3) is 0 Å². The van der Waals surface area contributed by atoms with Crippen molar-refractivity contribution in [3.63, 3.8) is 0 Å². The molecule has 6 nitrogen and oxygen atoms in total. The van der Waals surface area contributed by atoms with E-state index < -0.39 is 0 Å². The third-order valence-electron chi connectivity index (χ3n) is 3.86. The highest BCUT2D eigenvalue weighted by Gasteiger charge is 2.11. The van der Waals surface area contributed by atoms with Gasteiger partial charge in [-0.1, -0.05) is 18.2 Å². The largest absolute Gasteiger partial charge is 0.508 e. The quantitative estimate of drug-likeness (QED) is 0.818. The molecule has 1 unspecified atom stereocenters. The molecule has 1 aliphatic rings. The highest BCUT2D eigenvalue weighted by molar-refractivity contribution is 5.27.